The van der Waals surface area contributed by atoms with Gasteiger partial charge in [-0.2, -0.15) is 0 Å². The number of esters is 1. The van der Waals surface area contributed by atoms with Crippen molar-refractivity contribution in [1.29, 1.82) is 0 Å². The Bertz CT molecular complexity index is 870. The van der Waals surface area contributed by atoms with Crippen molar-refractivity contribution >= 4 is 23.9 Å². The van der Waals surface area contributed by atoms with Gasteiger partial charge in [0.15, 0.2) is 0 Å². The van der Waals surface area contributed by atoms with E-state index >= 15 is 0 Å². The Labute approximate surface area is 214 Å². The summed E-state index contributed by atoms with van der Waals surface area (Å²) in [7, 11) is 0. The monoisotopic (exact) mass is 504 g/mol. The van der Waals surface area contributed by atoms with Crippen molar-refractivity contribution in [2.45, 2.75) is 66.4 Å². The molecular formula is C28H40O8. The molecule has 0 heterocycles. The number of hydrogen-bond acceptors (Lipinski definition) is 5. The van der Waals surface area contributed by atoms with Crippen molar-refractivity contribution in [3.63, 3.8) is 0 Å². The molecular weight excluding hydrogens is 464 g/mol. The molecule has 0 aromatic heterocycles. The fourth-order valence-electron chi connectivity index (χ4n) is 1.69. The van der Waals surface area contributed by atoms with Gasteiger partial charge in [0.1, 0.15) is 6.61 Å². The molecule has 0 bridgehead atoms. The van der Waals surface area contributed by atoms with Crippen molar-refractivity contribution < 1.29 is 39.2 Å². The summed E-state index contributed by atoms with van der Waals surface area (Å²) in [5.74, 6) is -3.04. The minimum absolute atomic E-state index is 0.176. The summed E-state index contributed by atoms with van der Waals surface area (Å²) in [4.78, 5) is 40.6. The number of aliphatic carboxylic acids is 3. The predicted octanol–water partition coefficient (Wildman–Crippen LogP) is 6.20. The fraction of sp³-hybridized carbons (Fsp3) is 0.357. The van der Waals surface area contributed by atoms with Crippen LogP contribution >= 0.6 is 0 Å². The second-order valence-electron chi connectivity index (χ2n) is 7.56. The number of ether oxygens (including phenoxy) is 1. The molecule has 1 rings (SSSR count). The Hall–Kier alpha value is -3.94. The SMILES string of the molecule is C=C(C)C(=O)O.C=C(C)C(=O)OCc1ccccc1.C=C(CC)C(=O)O.C=C(CCCCC)C(=O)O. The van der Waals surface area contributed by atoms with E-state index in [1.54, 1.807) is 13.8 Å². The first-order chi connectivity index (χ1) is 16.7. The zero-order valence-electron chi connectivity index (χ0n) is 21.8. The van der Waals surface area contributed by atoms with Gasteiger partial charge in [-0.05, 0) is 38.7 Å². The average molecular weight is 505 g/mol. The summed E-state index contributed by atoms with van der Waals surface area (Å²) < 4.78 is 4.95. The molecule has 0 fully saturated rings. The number of benzene rings is 1. The lowest BCUT2D eigenvalue weighted by molar-refractivity contribution is -0.140. The topological polar surface area (TPSA) is 138 Å². The zero-order valence-corrected chi connectivity index (χ0v) is 21.8. The molecule has 1 aromatic rings. The first kappa shape index (κ1) is 36.6. The van der Waals surface area contributed by atoms with Crippen molar-refractivity contribution in [2.24, 2.45) is 0 Å². The molecule has 8 heteroatoms. The molecule has 3 N–H and O–H groups in total. The molecule has 36 heavy (non-hydrogen) atoms. The number of carboxylic acids is 3. The van der Waals surface area contributed by atoms with Gasteiger partial charge in [-0.25, -0.2) is 19.2 Å². The highest BCUT2D eigenvalue weighted by Gasteiger charge is 2.02. The van der Waals surface area contributed by atoms with Crippen LogP contribution in [0.4, 0.5) is 0 Å². The van der Waals surface area contributed by atoms with Crippen LogP contribution in [0.25, 0.3) is 0 Å². The van der Waals surface area contributed by atoms with Gasteiger partial charge in [-0.15, -0.1) is 0 Å². The number of hydrogen-bond donors (Lipinski definition) is 3. The van der Waals surface area contributed by atoms with E-state index in [9.17, 15) is 19.2 Å². The van der Waals surface area contributed by atoms with Gasteiger partial charge in [0, 0.05) is 22.3 Å². The van der Waals surface area contributed by atoms with E-state index in [4.69, 9.17) is 20.1 Å². The zero-order chi connectivity index (χ0) is 28.7. The summed E-state index contributed by atoms with van der Waals surface area (Å²) >= 11 is 0. The molecule has 0 spiro atoms. The molecule has 0 saturated heterocycles. The number of carbonyl (C=O) groups excluding carboxylic acids is 1. The number of unbranched alkanes of at least 4 members (excludes halogenated alkanes) is 2. The Morgan fingerprint density at radius 1 is 0.750 bits per heavy atom. The average Bonchev–Trinajstić information content (AvgIpc) is 2.83. The summed E-state index contributed by atoms with van der Waals surface area (Å²) in [5, 5.41) is 24.4. The van der Waals surface area contributed by atoms with E-state index in [1.165, 1.54) is 6.92 Å². The summed E-state index contributed by atoms with van der Waals surface area (Å²) in [6.45, 7) is 20.6. The highest BCUT2D eigenvalue weighted by atomic mass is 16.5. The van der Waals surface area contributed by atoms with Gasteiger partial charge >= 0.3 is 23.9 Å². The highest BCUT2D eigenvalue weighted by molar-refractivity contribution is 5.87. The van der Waals surface area contributed by atoms with E-state index in [0.29, 0.717) is 30.6 Å². The van der Waals surface area contributed by atoms with E-state index in [-0.39, 0.29) is 17.1 Å². The van der Waals surface area contributed by atoms with E-state index < -0.39 is 17.9 Å². The minimum atomic E-state index is -0.935. The standard InChI is InChI=1S/C11H12O2.C8H14O2.C5H8O2.C4H6O2/c1-9(2)11(12)13-8-10-6-4-3-5-7-10;1-3-4-5-6-7(2)8(9)10;1-3-4(2)5(6)7;1-3(2)4(5)6/h3-7H,1,8H2,2H3;2-6H2,1H3,(H,9,10);2-3H2,1H3,(H,6,7);1H2,2H3,(H,5,6). The normalized spacial score (nSPS) is 8.78. The van der Waals surface area contributed by atoms with Gasteiger partial charge in [0.2, 0.25) is 0 Å². The first-order valence-corrected chi connectivity index (χ1v) is 11.3. The molecule has 1 aromatic carbocycles. The Morgan fingerprint density at radius 2 is 1.22 bits per heavy atom. The predicted molar refractivity (Wildman–Crippen MR) is 141 cm³/mol. The van der Waals surface area contributed by atoms with Gasteiger partial charge in [0.05, 0.1) is 0 Å². The Kier molecular flexibility index (Phi) is 23.2. The molecule has 8 nitrogen and oxygen atoms in total. The quantitative estimate of drug-likeness (QED) is 0.184. The van der Waals surface area contributed by atoms with Crippen molar-refractivity contribution in [3.8, 4) is 0 Å². The van der Waals surface area contributed by atoms with Crippen LogP contribution in [0.15, 0.2) is 78.9 Å². The number of carbonyl (C=O) groups is 4. The summed E-state index contributed by atoms with van der Waals surface area (Å²) in [6, 6.07) is 9.55. The molecule has 0 aliphatic rings. The molecule has 0 unspecified atom stereocenters. The molecule has 0 saturated carbocycles. The van der Waals surface area contributed by atoms with Crippen molar-refractivity contribution in [1.82, 2.24) is 0 Å². The smallest absolute Gasteiger partial charge is 0.333 e. The third-order valence-corrected chi connectivity index (χ3v) is 4.04. The van der Waals surface area contributed by atoms with Crippen molar-refractivity contribution in [2.75, 3.05) is 0 Å². The van der Waals surface area contributed by atoms with Crippen LogP contribution in [-0.2, 0) is 30.5 Å². The summed E-state index contributed by atoms with van der Waals surface area (Å²) in [6.07, 6.45) is 4.30. The molecule has 0 aliphatic carbocycles. The fourth-order valence-corrected chi connectivity index (χ4v) is 1.69. The lowest BCUT2D eigenvalue weighted by atomic mass is 10.1. The molecule has 0 amide bonds. The Balaban J connectivity index is -0.000000424. The van der Waals surface area contributed by atoms with Crippen LogP contribution in [-0.4, -0.2) is 39.2 Å². The molecule has 200 valence electrons. The maximum absolute atomic E-state index is 11.0. The Morgan fingerprint density at radius 3 is 1.53 bits per heavy atom. The first-order valence-electron chi connectivity index (χ1n) is 11.3. The summed E-state index contributed by atoms with van der Waals surface area (Å²) in [5.41, 5.74) is 2.18. The van der Waals surface area contributed by atoms with Crippen molar-refractivity contribution in [3.05, 3.63) is 84.5 Å². The van der Waals surface area contributed by atoms with E-state index in [1.807, 2.05) is 30.3 Å². The molecule has 0 aliphatic heterocycles. The molecule has 0 radical (unpaired) electrons. The lowest BCUT2D eigenvalue weighted by Gasteiger charge is -2.03. The maximum Gasteiger partial charge on any atom is 0.333 e. The number of carboxylic acid groups (broad SMARTS) is 3. The third-order valence-electron chi connectivity index (χ3n) is 4.04. The molecule has 0 atom stereocenters. The van der Waals surface area contributed by atoms with Crippen LogP contribution in [0, 0.1) is 0 Å². The van der Waals surface area contributed by atoms with Crippen LogP contribution < -0.4 is 0 Å². The second kappa shape index (κ2) is 22.8. The van der Waals surface area contributed by atoms with Crippen LogP contribution in [0.1, 0.15) is 65.4 Å². The largest absolute Gasteiger partial charge is 0.478 e. The van der Waals surface area contributed by atoms with E-state index in [0.717, 1.165) is 24.8 Å². The minimum Gasteiger partial charge on any atom is -0.478 e. The van der Waals surface area contributed by atoms with Crippen LogP contribution in [0.2, 0.25) is 0 Å². The maximum atomic E-state index is 11.0. The van der Waals surface area contributed by atoms with Crippen LogP contribution in [0.3, 0.4) is 0 Å². The van der Waals surface area contributed by atoms with Gasteiger partial charge in [0.25, 0.3) is 0 Å². The van der Waals surface area contributed by atoms with Gasteiger partial charge < -0.3 is 20.1 Å². The van der Waals surface area contributed by atoms with Gasteiger partial charge in [-0.3, -0.25) is 0 Å². The third kappa shape index (κ3) is 24.7. The lowest BCUT2D eigenvalue weighted by Crippen LogP contribution is -2.04. The highest BCUT2D eigenvalue weighted by Crippen LogP contribution is 2.06. The van der Waals surface area contributed by atoms with Crippen LogP contribution in [0.5, 0.6) is 0 Å². The number of rotatable bonds is 11. The van der Waals surface area contributed by atoms with Gasteiger partial charge in [-0.1, -0.05) is 83.3 Å². The second-order valence-corrected chi connectivity index (χ2v) is 7.56. The van der Waals surface area contributed by atoms with E-state index in [2.05, 4.69) is 33.2 Å².